The molecule has 2 fully saturated rings. The van der Waals surface area contributed by atoms with Gasteiger partial charge in [-0.1, -0.05) is 0 Å². The smallest absolute Gasteiger partial charge is 0.179 e. The van der Waals surface area contributed by atoms with E-state index in [0.29, 0.717) is 12.1 Å². The van der Waals surface area contributed by atoms with Gasteiger partial charge in [-0.05, 0) is 56.6 Å². The Kier molecular flexibility index (Phi) is 2.53. The molecule has 0 radical (unpaired) electrons. The normalized spacial score (nSPS) is 27.2. The van der Waals surface area contributed by atoms with Crippen molar-refractivity contribution >= 4 is 23.4 Å². The summed E-state index contributed by atoms with van der Waals surface area (Å²) >= 11 is 5.54. The van der Waals surface area contributed by atoms with Crippen LogP contribution in [0.3, 0.4) is 0 Å². The number of aromatic nitrogens is 3. The molecule has 2 unspecified atom stereocenters. The molecule has 2 atom stereocenters. The largest absolute Gasteiger partial charge is 0.329 e. The van der Waals surface area contributed by atoms with Crippen LogP contribution in [-0.2, 0) is 0 Å². The number of pyridine rings is 1. The summed E-state index contributed by atoms with van der Waals surface area (Å²) in [6.07, 6.45) is 5.75. The van der Waals surface area contributed by atoms with Gasteiger partial charge in [-0.3, -0.25) is 9.47 Å². The average Bonchev–Trinajstić information content (AvgIpc) is 3.02. The molecule has 2 aliphatic heterocycles. The zero-order valence-corrected chi connectivity index (χ0v) is 11.9. The standard InChI is InChI=1S/C14H18N4S/c1-9-7-10-13(15-8-9)18(14(19)16-10)12-4-6-17-5-2-3-11(12)17/h7-8,11-12H,2-6H2,1H3,(H,16,19). The first-order chi connectivity index (χ1) is 9.24. The lowest BCUT2D eigenvalue weighted by molar-refractivity contribution is 0.291. The third-order valence-electron chi connectivity index (χ3n) is 4.59. The van der Waals surface area contributed by atoms with E-state index in [1.54, 1.807) is 0 Å². The molecule has 4 heterocycles. The molecule has 0 bridgehead atoms. The Hall–Kier alpha value is -1.20. The average molecular weight is 274 g/mol. The third-order valence-corrected chi connectivity index (χ3v) is 4.89. The Bertz CT molecular complexity index is 686. The van der Waals surface area contributed by atoms with Gasteiger partial charge in [-0.15, -0.1) is 0 Å². The van der Waals surface area contributed by atoms with Crippen LogP contribution in [0.2, 0.25) is 0 Å². The monoisotopic (exact) mass is 274 g/mol. The minimum absolute atomic E-state index is 0.499. The lowest BCUT2D eigenvalue weighted by Crippen LogP contribution is -2.27. The first-order valence-corrected chi connectivity index (χ1v) is 7.46. The first-order valence-electron chi connectivity index (χ1n) is 7.05. The summed E-state index contributed by atoms with van der Waals surface area (Å²) in [4.78, 5) is 10.5. The van der Waals surface area contributed by atoms with Crippen molar-refractivity contribution in [3.8, 4) is 0 Å². The topological polar surface area (TPSA) is 36.9 Å². The van der Waals surface area contributed by atoms with E-state index >= 15 is 0 Å². The molecule has 2 saturated heterocycles. The number of hydrogen-bond donors (Lipinski definition) is 1. The number of hydrogen-bond acceptors (Lipinski definition) is 3. The predicted octanol–water partition coefficient (Wildman–Crippen LogP) is 2.81. The number of nitrogens with one attached hydrogen (secondary N) is 1. The molecule has 2 aliphatic rings. The molecule has 5 heteroatoms. The van der Waals surface area contributed by atoms with Crippen molar-refractivity contribution in [2.24, 2.45) is 0 Å². The van der Waals surface area contributed by atoms with Crippen molar-refractivity contribution in [2.75, 3.05) is 13.1 Å². The van der Waals surface area contributed by atoms with Gasteiger partial charge in [0.25, 0.3) is 0 Å². The van der Waals surface area contributed by atoms with Crippen LogP contribution in [0.15, 0.2) is 12.3 Å². The van der Waals surface area contributed by atoms with Gasteiger partial charge in [-0.2, -0.15) is 0 Å². The summed E-state index contributed by atoms with van der Waals surface area (Å²) in [7, 11) is 0. The zero-order valence-electron chi connectivity index (χ0n) is 11.1. The highest BCUT2D eigenvalue weighted by Crippen LogP contribution is 2.37. The SMILES string of the molecule is Cc1cnc2c(c1)[nH]c(=S)n2C1CCN2CCCC12. The number of fused-ring (bicyclic) bond motifs is 2. The lowest BCUT2D eigenvalue weighted by atomic mass is 10.1. The molecule has 2 aromatic heterocycles. The fourth-order valence-corrected chi connectivity index (χ4v) is 4.11. The van der Waals surface area contributed by atoms with E-state index in [1.807, 2.05) is 6.20 Å². The van der Waals surface area contributed by atoms with Gasteiger partial charge in [0, 0.05) is 18.8 Å². The zero-order chi connectivity index (χ0) is 13.0. The molecule has 100 valence electrons. The predicted molar refractivity (Wildman–Crippen MR) is 77.9 cm³/mol. The van der Waals surface area contributed by atoms with Crippen LogP contribution in [0.1, 0.15) is 30.9 Å². The highest BCUT2D eigenvalue weighted by molar-refractivity contribution is 7.71. The summed E-state index contributed by atoms with van der Waals surface area (Å²) in [6, 6.07) is 3.29. The van der Waals surface area contributed by atoms with Crippen LogP contribution in [0.25, 0.3) is 11.2 Å². The van der Waals surface area contributed by atoms with E-state index in [-0.39, 0.29) is 0 Å². The Morgan fingerprint density at radius 2 is 2.21 bits per heavy atom. The van der Waals surface area contributed by atoms with Gasteiger partial charge in [0.1, 0.15) is 0 Å². The Morgan fingerprint density at radius 3 is 3.11 bits per heavy atom. The molecule has 0 aliphatic carbocycles. The molecule has 4 rings (SSSR count). The maximum Gasteiger partial charge on any atom is 0.179 e. The second-order valence-corrected chi connectivity index (χ2v) is 6.17. The molecule has 0 saturated carbocycles. The number of H-pyrrole nitrogens is 1. The number of rotatable bonds is 1. The van der Waals surface area contributed by atoms with Crippen LogP contribution in [0.4, 0.5) is 0 Å². The maximum absolute atomic E-state index is 5.54. The molecule has 0 aromatic carbocycles. The Balaban J connectivity index is 1.87. The van der Waals surface area contributed by atoms with Crippen molar-refractivity contribution in [1.29, 1.82) is 0 Å². The van der Waals surface area contributed by atoms with Crippen LogP contribution < -0.4 is 0 Å². The molecular formula is C14H18N4S. The summed E-state index contributed by atoms with van der Waals surface area (Å²) < 4.78 is 3.09. The number of imidazole rings is 1. The van der Waals surface area contributed by atoms with Crippen molar-refractivity contribution in [2.45, 2.75) is 38.3 Å². The molecule has 2 aromatic rings. The van der Waals surface area contributed by atoms with E-state index in [1.165, 1.54) is 37.9 Å². The minimum Gasteiger partial charge on any atom is -0.329 e. The molecule has 0 amide bonds. The van der Waals surface area contributed by atoms with Crippen LogP contribution in [-0.4, -0.2) is 38.6 Å². The van der Waals surface area contributed by atoms with Crippen LogP contribution in [0.5, 0.6) is 0 Å². The van der Waals surface area contributed by atoms with Gasteiger partial charge >= 0.3 is 0 Å². The molecule has 19 heavy (non-hydrogen) atoms. The van der Waals surface area contributed by atoms with Crippen molar-refractivity contribution < 1.29 is 0 Å². The maximum atomic E-state index is 5.54. The van der Waals surface area contributed by atoms with E-state index in [2.05, 4.69) is 32.4 Å². The van der Waals surface area contributed by atoms with Gasteiger partial charge in [0.05, 0.1) is 11.6 Å². The molecular weight excluding hydrogens is 256 g/mol. The van der Waals surface area contributed by atoms with Crippen molar-refractivity contribution in [3.63, 3.8) is 0 Å². The van der Waals surface area contributed by atoms with Crippen LogP contribution in [0, 0.1) is 11.7 Å². The van der Waals surface area contributed by atoms with E-state index < -0.39 is 0 Å². The summed E-state index contributed by atoms with van der Waals surface area (Å²) in [5.41, 5.74) is 3.26. The number of aryl methyl sites for hydroxylation is 1. The van der Waals surface area contributed by atoms with E-state index in [0.717, 1.165) is 15.9 Å². The van der Waals surface area contributed by atoms with Gasteiger partial charge in [-0.25, -0.2) is 4.98 Å². The minimum atomic E-state index is 0.499. The number of aromatic amines is 1. The van der Waals surface area contributed by atoms with Gasteiger partial charge < -0.3 is 4.98 Å². The highest BCUT2D eigenvalue weighted by atomic mass is 32.1. The fraction of sp³-hybridized carbons (Fsp3) is 0.571. The number of nitrogens with zero attached hydrogens (tertiary/aromatic N) is 3. The Morgan fingerprint density at radius 1 is 1.32 bits per heavy atom. The highest BCUT2D eigenvalue weighted by Gasteiger charge is 2.39. The quantitative estimate of drug-likeness (QED) is 0.812. The molecule has 4 nitrogen and oxygen atoms in total. The van der Waals surface area contributed by atoms with Crippen LogP contribution >= 0.6 is 12.2 Å². The molecule has 0 spiro atoms. The molecule has 1 N–H and O–H groups in total. The lowest BCUT2D eigenvalue weighted by Gasteiger charge is -2.21. The van der Waals surface area contributed by atoms with Gasteiger partial charge in [0.2, 0.25) is 0 Å². The van der Waals surface area contributed by atoms with Crippen molar-refractivity contribution in [3.05, 3.63) is 22.6 Å². The van der Waals surface area contributed by atoms with Crippen molar-refractivity contribution in [1.82, 2.24) is 19.4 Å². The summed E-state index contributed by atoms with van der Waals surface area (Å²) in [5.74, 6) is 0. The van der Waals surface area contributed by atoms with E-state index in [4.69, 9.17) is 12.2 Å². The second kappa shape index (κ2) is 4.15. The first kappa shape index (κ1) is 11.6. The van der Waals surface area contributed by atoms with Gasteiger partial charge in [0.15, 0.2) is 10.4 Å². The summed E-state index contributed by atoms with van der Waals surface area (Å²) in [6.45, 7) is 4.52. The van der Waals surface area contributed by atoms with E-state index in [9.17, 15) is 0 Å². The second-order valence-electron chi connectivity index (χ2n) is 5.79. The fourth-order valence-electron chi connectivity index (χ4n) is 3.78. The third kappa shape index (κ3) is 1.68. The summed E-state index contributed by atoms with van der Waals surface area (Å²) in [5, 5.41) is 0. The Labute approximate surface area is 117 Å².